The Labute approximate surface area is 113 Å². The van der Waals surface area contributed by atoms with E-state index in [2.05, 4.69) is 0 Å². The van der Waals surface area contributed by atoms with Crippen LogP contribution in [0.1, 0.15) is 0 Å². The van der Waals surface area contributed by atoms with Gasteiger partial charge in [0.1, 0.15) is 0 Å². The van der Waals surface area contributed by atoms with Crippen molar-refractivity contribution in [2.75, 3.05) is 59.4 Å². The van der Waals surface area contributed by atoms with Gasteiger partial charge in [-0.1, -0.05) is 0 Å². The molecule has 0 atom stereocenters. The maximum absolute atomic E-state index is 8.87. The van der Waals surface area contributed by atoms with Crippen LogP contribution in [0.15, 0.2) is 0 Å². The molecule has 7 heteroatoms. The molecule has 0 radical (unpaired) electrons. The number of nitrogens with two attached hydrogens (primary N) is 1. The van der Waals surface area contributed by atoms with Crippen molar-refractivity contribution in [3.8, 4) is 0 Å². The van der Waals surface area contributed by atoms with E-state index in [0.29, 0.717) is 19.8 Å². The summed E-state index contributed by atoms with van der Waals surface area (Å²) in [7, 11) is 0. The molecule has 7 nitrogen and oxygen atoms in total. The first-order valence-corrected chi connectivity index (χ1v) is 6.50. The summed E-state index contributed by atoms with van der Waals surface area (Å²) < 4.78 is 10.7. The van der Waals surface area contributed by atoms with E-state index < -0.39 is 0 Å². The standard InChI is InChI=1S/C12H27NO6/c13-1-10(6-18-8-11(2-14)3-15)7-19-9-12(4-16)5-17/h10-12,14-17H,1-9,13H2. The third kappa shape index (κ3) is 9.28. The third-order valence-corrected chi connectivity index (χ3v) is 2.78. The number of aliphatic hydroxyl groups excluding tert-OH is 4. The molecule has 0 aromatic carbocycles. The molecule has 0 fully saturated rings. The largest absolute Gasteiger partial charge is 0.396 e. The van der Waals surface area contributed by atoms with Crippen LogP contribution in [-0.2, 0) is 9.47 Å². The van der Waals surface area contributed by atoms with Gasteiger partial charge in [-0.15, -0.1) is 0 Å². The van der Waals surface area contributed by atoms with Crippen molar-refractivity contribution in [3.63, 3.8) is 0 Å². The van der Waals surface area contributed by atoms with Crippen molar-refractivity contribution >= 4 is 0 Å². The van der Waals surface area contributed by atoms with Crippen LogP contribution >= 0.6 is 0 Å². The van der Waals surface area contributed by atoms with Crippen molar-refractivity contribution < 1.29 is 29.9 Å². The van der Waals surface area contributed by atoms with Gasteiger partial charge in [-0.05, 0) is 6.54 Å². The van der Waals surface area contributed by atoms with Gasteiger partial charge in [0.15, 0.2) is 0 Å². The summed E-state index contributed by atoms with van der Waals surface area (Å²) in [4.78, 5) is 0. The zero-order chi connectivity index (χ0) is 14.5. The van der Waals surface area contributed by atoms with E-state index in [1.54, 1.807) is 0 Å². The number of rotatable bonds is 13. The Hall–Kier alpha value is -0.280. The summed E-state index contributed by atoms with van der Waals surface area (Å²) in [5.74, 6) is -0.531. The lowest BCUT2D eigenvalue weighted by atomic mass is 10.1. The van der Waals surface area contributed by atoms with Gasteiger partial charge >= 0.3 is 0 Å². The summed E-state index contributed by atoms with van der Waals surface area (Å²) in [6.45, 7) is 1.25. The molecule has 0 aliphatic carbocycles. The first kappa shape index (κ1) is 18.7. The highest BCUT2D eigenvalue weighted by molar-refractivity contribution is 4.61. The Balaban J connectivity index is 3.70. The zero-order valence-corrected chi connectivity index (χ0v) is 11.3. The number of hydrogen-bond donors (Lipinski definition) is 5. The molecule has 0 aliphatic heterocycles. The van der Waals surface area contributed by atoms with Crippen molar-refractivity contribution in [2.24, 2.45) is 23.5 Å². The van der Waals surface area contributed by atoms with E-state index in [0.717, 1.165) is 0 Å². The zero-order valence-electron chi connectivity index (χ0n) is 11.3. The molecule has 6 N–H and O–H groups in total. The van der Waals surface area contributed by atoms with Crippen molar-refractivity contribution in [1.82, 2.24) is 0 Å². The van der Waals surface area contributed by atoms with Crippen LogP contribution in [0.25, 0.3) is 0 Å². The number of aliphatic hydroxyl groups is 4. The molecule has 116 valence electrons. The lowest BCUT2D eigenvalue weighted by molar-refractivity contribution is -0.00690. The van der Waals surface area contributed by atoms with E-state index in [1.807, 2.05) is 0 Å². The molecule has 0 saturated heterocycles. The Kier molecular flexibility index (Phi) is 12.6. The lowest BCUT2D eigenvalue weighted by Gasteiger charge is -2.19. The second-order valence-electron chi connectivity index (χ2n) is 4.64. The Morgan fingerprint density at radius 3 is 1.21 bits per heavy atom. The maximum Gasteiger partial charge on any atom is 0.0538 e. The monoisotopic (exact) mass is 281 g/mol. The predicted octanol–water partition coefficient (Wildman–Crippen LogP) is -2.20. The van der Waals surface area contributed by atoms with Gasteiger partial charge < -0.3 is 35.6 Å². The fourth-order valence-electron chi connectivity index (χ4n) is 1.31. The number of hydrogen-bond acceptors (Lipinski definition) is 7. The molecule has 0 saturated carbocycles. The second-order valence-corrected chi connectivity index (χ2v) is 4.64. The van der Waals surface area contributed by atoms with Crippen LogP contribution in [0.2, 0.25) is 0 Å². The topological polar surface area (TPSA) is 125 Å². The molecule has 0 amide bonds. The van der Waals surface area contributed by atoms with Crippen molar-refractivity contribution in [3.05, 3.63) is 0 Å². The van der Waals surface area contributed by atoms with Crippen LogP contribution in [0.4, 0.5) is 0 Å². The predicted molar refractivity (Wildman–Crippen MR) is 69.5 cm³/mol. The van der Waals surface area contributed by atoms with E-state index >= 15 is 0 Å². The number of ether oxygens (including phenoxy) is 2. The summed E-state index contributed by atoms with van der Waals surface area (Å²) in [5.41, 5.74) is 5.58. The van der Waals surface area contributed by atoms with E-state index in [9.17, 15) is 0 Å². The fraction of sp³-hybridized carbons (Fsp3) is 1.00. The molecular formula is C12H27NO6. The van der Waals surface area contributed by atoms with Gasteiger partial charge in [0.25, 0.3) is 0 Å². The first-order valence-electron chi connectivity index (χ1n) is 6.50. The van der Waals surface area contributed by atoms with Crippen LogP contribution < -0.4 is 5.73 Å². The van der Waals surface area contributed by atoms with E-state index in [1.165, 1.54) is 0 Å². The average Bonchev–Trinajstić information content (AvgIpc) is 2.46. The minimum absolute atomic E-state index is 0.0103. The summed E-state index contributed by atoms with van der Waals surface area (Å²) in [5, 5.41) is 35.5. The summed E-state index contributed by atoms with van der Waals surface area (Å²) >= 11 is 0. The average molecular weight is 281 g/mol. The molecule has 0 heterocycles. The maximum atomic E-state index is 8.87. The smallest absolute Gasteiger partial charge is 0.0538 e. The molecule has 0 aliphatic rings. The Bertz CT molecular complexity index is 169. The van der Waals surface area contributed by atoms with Gasteiger partial charge in [0, 0.05) is 17.8 Å². The molecule has 19 heavy (non-hydrogen) atoms. The van der Waals surface area contributed by atoms with Gasteiger partial charge in [-0.25, -0.2) is 0 Å². The molecule has 0 spiro atoms. The van der Waals surface area contributed by atoms with Gasteiger partial charge in [-0.3, -0.25) is 0 Å². The minimum Gasteiger partial charge on any atom is -0.396 e. The fourth-order valence-corrected chi connectivity index (χ4v) is 1.31. The van der Waals surface area contributed by atoms with Crippen molar-refractivity contribution in [1.29, 1.82) is 0 Å². The molecule has 0 aromatic rings. The lowest BCUT2D eigenvalue weighted by Crippen LogP contribution is -2.29. The van der Waals surface area contributed by atoms with Crippen LogP contribution in [-0.4, -0.2) is 79.8 Å². The summed E-state index contributed by atoms with van der Waals surface area (Å²) in [6, 6.07) is 0. The molecule has 0 bridgehead atoms. The molecule has 0 aromatic heterocycles. The Morgan fingerprint density at radius 2 is 0.947 bits per heavy atom. The first-order chi connectivity index (χ1) is 9.21. The van der Waals surface area contributed by atoms with E-state index in [-0.39, 0.29) is 57.4 Å². The van der Waals surface area contributed by atoms with Gasteiger partial charge in [-0.2, -0.15) is 0 Å². The normalized spacial score (nSPS) is 12.0. The molecular weight excluding hydrogens is 254 g/mol. The van der Waals surface area contributed by atoms with Crippen LogP contribution in [0.5, 0.6) is 0 Å². The minimum atomic E-state index is -0.271. The molecule has 0 rings (SSSR count). The quantitative estimate of drug-likeness (QED) is 0.259. The van der Waals surface area contributed by atoms with Gasteiger partial charge in [0.05, 0.1) is 52.9 Å². The van der Waals surface area contributed by atoms with Crippen LogP contribution in [0, 0.1) is 17.8 Å². The highest BCUT2D eigenvalue weighted by Crippen LogP contribution is 2.02. The summed E-state index contributed by atoms with van der Waals surface area (Å²) in [6.07, 6.45) is 0. The second kappa shape index (κ2) is 12.7. The molecule has 0 unspecified atom stereocenters. The van der Waals surface area contributed by atoms with Gasteiger partial charge in [0.2, 0.25) is 0 Å². The third-order valence-electron chi connectivity index (χ3n) is 2.78. The SMILES string of the molecule is NCC(COCC(CO)CO)COCC(CO)CO. The van der Waals surface area contributed by atoms with Crippen molar-refractivity contribution in [2.45, 2.75) is 0 Å². The Morgan fingerprint density at radius 1 is 0.632 bits per heavy atom. The highest BCUT2D eigenvalue weighted by atomic mass is 16.5. The van der Waals surface area contributed by atoms with E-state index in [4.69, 9.17) is 35.6 Å². The highest BCUT2D eigenvalue weighted by Gasteiger charge is 2.12. The van der Waals surface area contributed by atoms with Crippen LogP contribution in [0.3, 0.4) is 0 Å².